The molecule has 1 aromatic heterocycles. The zero-order valence-electron chi connectivity index (χ0n) is 28.4. The number of unbranched alkanes of at least 4 members (excludes halogenated alkanes) is 1. The highest BCUT2D eigenvalue weighted by atomic mass is 16.5. The molecule has 260 valence electrons. The van der Waals surface area contributed by atoms with E-state index in [1.54, 1.807) is 7.05 Å². The number of aromatic nitrogens is 1. The number of nitrogens with one attached hydrogen (secondary N) is 4. The summed E-state index contributed by atoms with van der Waals surface area (Å²) >= 11 is 0. The predicted molar refractivity (Wildman–Crippen MR) is 193 cm³/mol. The molecule has 3 aromatic carbocycles. The van der Waals surface area contributed by atoms with Crippen LogP contribution in [0.25, 0.3) is 10.9 Å². The van der Waals surface area contributed by atoms with Crippen LogP contribution in [-0.2, 0) is 32.1 Å². The number of nitrogens with zero attached hydrogens (tertiary/aromatic N) is 1. The Hall–Kier alpha value is -4.51. The first-order valence-corrected chi connectivity index (χ1v) is 17.4. The lowest BCUT2D eigenvalue weighted by Gasteiger charge is -2.35. The van der Waals surface area contributed by atoms with Crippen molar-refractivity contribution in [2.24, 2.45) is 5.73 Å². The topological polar surface area (TPSA) is 142 Å². The van der Waals surface area contributed by atoms with Crippen LogP contribution in [-0.4, -0.2) is 79.0 Å². The van der Waals surface area contributed by atoms with Crippen molar-refractivity contribution < 1.29 is 19.1 Å². The number of amides is 3. The number of aromatic amines is 1. The van der Waals surface area contributed by atoms with Crippen LogP contribution < -0.4 is 21.7 Å². The van der Waals surface area contributed by atoms with Gasteiger partial charge in [-0.05, 0) is 74.4 Å². The normalized spacial score (nSPS) is 15.4. The molecule has 1 aliphatic heterocycles. The maximum Gasteiger partial charge on any atom is 0.245 e. The molecule has 2 heterocycles. The van der Waals surface area contributed by atoms with Gasteiger partial charge in [-0.2, -0.15) is 0 Å². The highest BCUT2D eigenvalue weighted by molar-refractivity contribution is 5.94. The minimum absolute atomic E-state index is 0.111. The lowest BCUT2D eigenvalue weighted by Crippen LogP contribution is -2.58. The highest BCUT2D eigenvalue weighted by Crippen LogP contribution is 2.28. The van der Waals surface area contributed by atoms with Gasteiger partial charge in [-0.3, -0.25) is 14.4 Å². The van der Waals surface area contributed by atoms with Crippen LogP contribution in [0.1, 0.15) is 54.7 Å². The molecule has 0 spiro atoms. The summed E-state index contributed by atoms with van der Waals surface area (Å²) in [7, 11) is 1.69. The molecule has 0 aliphatic carbocycles. The first-order chi connectivity index (χ1) is 24.0. The predicted octanol–water partition coefficient (Wildman–Crippen LogP) is 4.02. The molecule has 0 unspecified atom stereocenters. The fourth-order valence-corrected chi connectivity index (χ4v) is 6.56. The number of benzene rings is 3. The van der Waals surface area contributed by atoms with Gasteiger partial charge < -0.3 is 36.3 Å². The van der Waals surface area contributed by atoms with Crippen molar-refractivity contribution in [3.8, 4) is 0 Å². The number of para-hydroxylation sites is 1. The van der Waals surface area contributed by atoms with E-state index in [9.17, 15) is 14.4 Å². The van der Waals surface area contributed by atoms with Gasteiger partial charge in [0.25, 0.3) is 0 Å². The van der Waals surface area contributed by atoms with E-state index in [1.807, 2.05) is 71.8 Å². The van der Waals surface area contributed by atoms with Gasteiger partial charge in [0.2, 0.25) is 17.7 Å². The lowest BCUT2D eigenvalue weighted by molar-refractivity contribution is -0.138. The van der Waals surface area contributed by atoms with Crippen molar-refractivity contribution in [3.63, 3.8) is 0 Å². The zero-order valence-corrected chi connectivity index (χ0v) is 28.4. The summed E-state index contributed by atoms with van der Waals surface area (Å²) in [6.07, 6.45) is 5.71. The molecule has 5 rings (SSSR count). The van der Waals surface area contributed by atoms with Gasteiger partial charge in [-0.15, -0.1) is 0 Å². The van der Waals surface area contributed by atoms with Gasteiger partial charge in [-0.1, -0.05) is 78.9 Å². The van der Waals surface area contributed by atoms with Crippen molar-refractivity contribution >= 4 is 28.6 Å². The quantitative estimate of drug-likeness (QED) is 0.108. The molecule has 3 amide bonds. The van der Waals surface area contributed by atoms with Crippen molar-refractivity contribution in [2.75, 3.05) is 33.3 Å². The number of carbonyl (C=O) groups excluding carboxylic acids is 3. The second-order valence-corrected chi connectivity index (χ2v) is 12.8. The Labute approximate surface area is 289 Å². The molecule has 6 N–H and O–H groups in total. The fourth-order valence-electron chi connectivity index (χ4n) is 6.56. The minimum Gasteiger partial charge on any atom is -0.375 e. The van der Waals surface area contributed by atoms with Gasteiger partial charge in [-0.25, -0.2) is 0 Å². The van der Waals surface area contributed by atoms with Crippen LogP contribution in [0.2, 0.25) is 0 Å². The number of fused-ring (bicyclic) bond motifs is 1. The first-order valence-electron chi connectivity index (χ1n) is 17.4. The Morgan fingerprint density at radius 3 is 2.22 bits per heavy atom. The second-order valence-electron chi connectivity index (χ2n) is 12.8. The Balaban J connectivity index is 1.28. The van der Waals surface area contributed by atoms with Crippen molar-refractivity contribution in [1.29, 1.82) is 0 Å². The maximum atomic E-state index is 14.2. The third-order valence-electron chi connectivity index (χ3n) is 9.43. The van der Waals surface area contributed by atoms with E-state index >= 15 is 0 Å². The number of carbonyl (C=O) groups is 3. The fraction of sp³-hybridized carbons (Fsp3) is 0.410. The molecule has 10 heteroatoms. The maximum absolute atomic E-state index is 14.2. The molecule has 10 nitrogen and oxygen atoms in total. The summed E-state index contributed by atoms with van der Waals surface area (Å²) in [6.45, 7) is 2.21. The van der Waals surface area contributed by atoms with E-state index in [1.165, 1.54) is 5.56 Å². The summed E-state index contributed by atoms with van der Waals surface area (Å²) in [5, 5.41) is 10.0. The molecule has 1 aliphatic rings. The number of likely N-dealkylation sites (tertiary alicyclic amines) is 1. The molecule has 49 heavy (non-hydrogen) atoms. The van der Waals surface area contributed by atoms with Crippen LogP contribution in [0.3, 0.4) is 0 Å². The minimum atomic E-state index is -0.842. The molecule has 3 atom stereocenters. The van der Waals surface area contributed by atoms with E-state index in [2.05, 4.69) is 45.2 Å². The van der Waals surface area contributed by atoms with E-state index in [-0.39, 0.29) is 24.3 Å². The summed E-state index contributed by atoms with van der Waals surface area (Å²) in [5.74, 6) is -0.445. The Kier molecular flexibility index (Phi) is 13.4. The molecule has 1 saturated heterocycles. The molecule has 0 radical (unpaired) electrons. The summed E-state index contributed by atoms with van der Waals surface area (Å²) in [5.41, 5.74) is 9.98. The molecule has 0 saturated carbocycles. The number of hydrogen-bond acceptors (Lipinski definition) is 6. The summed E-state index contributed by atoms with van der Waals surface area (Å²) in [4.78, 5) is 46.8. The van der Waals surface area contributed by atoms with Gasteiger partial charge in [0, 0.05) is 36.6 Å². The second kappa shape index (κ2) is 18.3. The van der Waals surface area contributed by atoms with Crippen LogP contribution in [0.15, 0.2) is 91.1 Å². The van der Waals surface area contributed by atoms with Gasteiger partial charge in [0.15, 0.2) is 0 Å². The van der Waals surface area contributed by atoms with Gasteiger partial charge in [0.1, 0.15) is 18.1 Å². The molecule has 0 bridgehead atoms. The number of rotatable bonds is 17. The number of piperidine rings is 1. The number of nitrogens with two attached hydrogens (primary N) is 1. The Bertz CT molecular complexity index is 1620. The molecular formula is C39H50N6O4. The summed E-state index contributed by atoms with van der Waals surface area (Å²) in [6, 6.07) is 25.8. The van der Waals surface area contributed by atoms with Crippen LogP contribution in [0.4, 0.5) is 0 Å². The standard InChI is InChI=1S/C39H50N6O4/c1-41-36(27-49-26-28-12-4-2-5-13-28)38(47)43-34(18-10-11-21-40)37(46)44-35(24-31-25-42-33-17-9-8-16-32(31)33)39(48)45-22-19-30(20-23-45)29-14-6-3-7-15-29/h2-9,12-17,25,30,34-36,41-42H,10-11,18-24,26-27,40H2,1H3,(H,43,47)(H,44,46)/t34-,35+,36-/m0/s1. The average Bonchev–Trinajstić information content (AvgIpc) is 3.55. The first kappa shape index (κ1) is 35.8. The third kappa shape index (κ3) is 10.0. The van der Waals surface area contributed by atoms with E-state index in [4.69, 9.17) is 10.5 Å². The monoisotopic (exact) mass is 666 g/mol. The Morgan fingerprint density at radius 1 is 0.857 bits per heavy atom. The molecule has 1 fully saturated rings. The largest absolute Gasteiger partial charge is 0.375 e. The van der Waals surface area contributed by atoms with Crippen molar-refractivity contribution in [3.05, 3.63) is 108 Å². The third-order valence-corrected chi connectivity index (χ3v) is 9.43. The Morgan fingerprint density at radius 2 is 1.51 bits per heavy atom. The van der Waals surface area contributed by atoms with Crippen LogP contribution in [0, 0.1) is 0 Å². The zero-order chi connectivity index (χ0) is 34.4. The summed E-state index contributed by atoms with van der Waals surface area (Å²) < 4.78 is 5.83. The average molecular weight is 667 g/mol. The number of hydrogen-bond donors (Lipinski definition) is 5. The SMILES string of the molecule is CN[C@@H](COCc1ccccc1)C(=O)N[C@@H](CCCCN)C(=O)N[C@H](Cc1c[nH]c2ccccc12)C(=O)N1CCC(c2ccccc2)CC1. The van der Waals surface area contributed by atoms with Gasteiger partial charge in [0.05, 0.1) is 13.2 Å². The number of ether oxygens (including phenoxy) is 1. The molecule has 4 aromatic rings. The number of H-pyrrole nitrogens is 1. The lowest BCUT2D eigenvalue weighted by atomic mass is 9.89. The highest BCUT2D eigenvalue weighted by Gasteiger charge is 2.33. The number of likely N-dealkylation sites (N-methyl/N-ethyl adjacent to an activating group) is 1. The van der Waals surface area contributed by atoms with Crippen molar-refractivity contribution in [2.45, 2.75) is 69.2 Å². The smallest absolute Gasteiger partial charge is 0.245 e. The van der Waals surface area contributed by atoms with Crippen LogP contribution >= 0.6 is 0 Å². The van der Waals surface area contributed by atoms with Crippen molar-refractivity contribution in [1.82, 2.24) is 25.8 Å². The van der Waals surface area contributed by atoms with Crippen LogP contribution in [0.5, 0.6) is 0 Å². The van der Waals surface area contributed by atoms with E-state index in [0.717, 1.165) is 34.9 Å². The van der Waals surface area contributed by atoms with E-state index < -0.39 is 18.1 Å². The van der Waals surface area contributed by atoms with E-state index in [0.29, 0.717) is 57.8 Å². The molecular weight excluding hydrogens is 616 g/mol. The van der Waals surface area contributed by atoms with Gasteiger partial charge >= 0.3 is 0 Å².